The van der Waals surface area contributed by atoms with Gasteiger partial charge in [0, 0.05) is 30.7 Å². The monoisotopic (exact) mass is 417 g/mol. The number of anilines is 1. The number of amides is 2. The Kier molecular flexibility index (Phi) is 7.94. The van der Waals surface area contributed by atoms with Crippen LogP contribution in [0.3, 0.4) is 0 Å². The van der Waals surface area contributed by atoms with E-state index in [2.05, 4.69) is 79.3 Å². The first-order valence-corrected chi connectivity index (χ1v) is 11.3. The Bertz CT molecular complexity index is 1010. The average Bonchev–Trinajstić information content (AvgIpc) is 3.18. The first-order chi connectivity index (χ1) is 15.0. The molecule has 1 aromatic heterocycles. The van der Waals surface area contributed by atoms with Crippen molar-refractivity contribution in [3.8, 4) is 0 Å². The molecule has 0 unspecified atom stereocenters. The number of hydrogen-bond acceptors (Lipinski definition) is 1. The molecule has 0 saturated heterocycles. The number of aromatic nitrogens is 1. The maximum Gasteiger partial charge on any atom is 0.322 e. The van der Waals surface area contributed by atoms with Crippen LogP contribution in [0.25, 0.3) is 0 Å². The van der Waals surface area contributed by atoms with E-state index >= 15 is 0 Å². The van der Waals surface area contributed by atoms with E-state index < -0.39 is 0 Å². The quantitative estimate of drug-likeness (QED) is 0.387. The number of hydrogen-bond donors (Lipinski definition) is 1. The van der Waals surface area contributed by atoms with E-state index in [0.29, 0.717) is 6.54 Å². The van der Waals surface area contributed by atoms with Crippen molar-refractivity contribution in [2.45, 2.75) is 60.0 Å². The van der Waals surface area contributed by atoms with Crippen LogP contribution in [0, 0.1) is 20.8 Å². The fourth-order valence-electron chi connectivity index (χ4n) is 3.87. The molecule has 2 aromatic carbocycles. The van der Waals surface area contributed by atoms with E-state index in [4.69, 9.17) is 0 Å². The van der Waals surface area contributed by atoms with Gasteiger partial charge in [-0.2, -0.15) is 0 Å². The van der Waals surface area contributed by atoms with E-state index in [-0.39, 0.29) is 6.03 Å². The average molecular weight is 418 g/mol. The zero-order chi connectivity index (χ0) is 22.2. The number of urea groups is 1. The molecular weight excluding hydrogens is 382 g/mol. The van der Waals surface area contributed by atoms with E-state index in [1.807, 2.05) is 24.0 Å². The van der Waals surface area contributed by atoms with Crippen molar-refractivity contribution in [1.82, 2.24) is 9.47 Å². The molecule has 0 aliphatic carbocycles. The van der Waals surface area contributed by atoms with Crippen LogP contribution < -0.4 is 5.32 Å². The lowest BCUT2D eigenvalue weighted by Gasteiger charge is -2.25. The molecule has 0 bridgehead atoms. The van der Waals surface area contributed by atoms with Gasteiger partial charge in [-0.3, -0.25) is 0 Å². The molecule has 3 rings (SSSR count). The SMILES string of the molecule is CCCCCN(Cc1cccn1Cc1ccccc1C)C(=O)Nc1ccc(C)cc1C. The van der Waals surface area contributed by atoms with Crippen molar-refractivity contribution in [2.75, 3.05) is 11.9 Å². The Labute approximate surface area is 186 Å². The van der Waals surface area contributed by atoms with Gasteiger partial charge < -0.3 is 14.8 Å². The third-order valence-electron chi connectivity index (χ3n) is 5.82. The molecular formula is C27H35N3O. The fourth-order valence-corrected chi connectivity index (χ4v) is 3.87. The number of rotatable bonds is 9. The van der Waals surface area contributed by atoms with Gasteiger partial charge >= 0.3 is 6.03 Å². The largest absolute Gasteiger partial charge is 0.345 e. The third kappa shape index (κ3) is 6.24. The van der Waals surface area contributed by atoms with Crippen LogP contribution in [0.1, 0.15) is 54.1 Å². The number of nitrogens with zero attached hydrogens (tertiary/aromatic N) is 2. The number of nitrogens with one attached hydrogen (secondary N) is 1. The number of benzene rings is 2. The summed E-state index contributed by atoms with van der Waals surface area (Å²) < 4.78 is 2.25. The van der Waals surface area contributed by atoms with Crippen LogP contribution in [-0.2, 0) is 13.1 Å². The van der Waals surface area contributed by atoms with Crippen LogP contribution >= 0.6 is 0 Å². The molecule has 0 radical (unpaired) electrons. The van der Waals surface area contributed by atoms with Crippen molar-refractivity contribution in [3.05, 3.63) is 88.7 Å². The second-order valence-electron chi connectivity index (χ2n) is 8.43. The molecule has 0 saturated carbocycles. The smallest absolute Gasteiger partial charge is 0.322 e. The highest BCUT2D eigenvalue weighted by atomic mass is 16.2. The Hall–Kier alpha value is -3.01. The number of carbonyl (C=O) groups is 1. The van der Waals surface area contributed by atoms with Crippen LogP contribution in [0.4, 0.5) is 10.5 Å². The molecule has 31 heavy (non-hydrogen) atoms. The van der Waals surface area contributed by atoms with Gasteiger partial charge in [0.2, 0.25) is 0 Å². The molecule has 1 N–H and O–H groups in total. The summed E-state index contributed by atoms with van der Waals surface area (Å²) >= 11 is 0. The number of carbonyl (C=O) groups excluding carboxylic acids is 1. The van der Waals surface area contributed by atoms with Crippen LogP contribution in [0.5, 0.6) is 0 Å². The lowest BCUT2D eigenvalue weighted by atomic mass is 10.1. The van der Waals surface area contributed by atoms with Gasteiger partial charge in [-0.15, -0.1) is 0 Å². The Morgan fingerprint density at radius 3 is 2.52 bits per heavy atom. The highest BCUT2D eigenvalue weighted by molar-refractivity contribution is 5.90. The molecule has 4 heteroatoms. The van der Waals surface area contributed by atoms with Gasteiger partial charge in [0.05, 0.1) is 6.54 Å². The van der Waals surface area contributed by atoms with Gasteiger partial charge in [0.25, 0.3) is 0 Å². The predicted octanol–water partition coefficient (Wildman–Crippen LogP) is 6.69. The molecule has 4 nitrogen and oxygen atoms in total. The van der Waals surface area contributed by atoms with Crippen LogP contribution in [0.15, 0.2) is 60.8 Å². The zero-order valence-corrected chi connectivity index (χ0v) is 19.3. The maximum absolute atomic E-state index is 13.2. The van der Waals surface area contributed by atoms with Crippen LogP contribution in [0.2, 0.25) is 0 Å². The van der Waals surface area contributed by atoms with Crippen molar-refractivity contribution >= 4 is 11.7 Å². The first kappa shape index (κ1) is 22.7. The standard InChI is InChI=1S/C27H35N3O/c1-5-6-9-16-30(27(31)28-26-15-14-21(2)18-23(26)4)20-25-13-10-17-29(25)19-24-12-8-7-11-22(24)3/h7-8,10-15,17-18H,5-6,9,16,19-20H2,1-4H3,(H,28,31). The maximum atomic E-state index is 13.2. The first-order valence-electron chi connectivity index (χ1n) is 11.3. The summed E-state index contributed by atoms with van der Waals surface area (Å²) in [5, 5.41) is 3.13. The van der Waals surface area contributed by atoms with Crippen molar-refractivity contribution < 1.29 is 4.79 Å². The molecule has 0 fully saturated rings. The highest BCUT2D eigenvalue weighted by Crippen LogP contribution is 2.18. The summed E-state index contributed by atoms with van der Waals surface area (Å²) in [7, 11) is 0. The molecule has 0 spiro atoms. The second-order valence-corrected chi connectivity index (χ2v) is 8.43. The van der Waals surface area contributed by atoms with E-state index in [1.54, 1.807) is 0 Å². The molecule has 0 atom stereocenters. The molecule has 2 amide bonds. The van der Waals surface area contributed by atoms with Crippen molar-refractivity contribution in [1.29, 1.82) is 0 Å². The van der Waals surface area contributed by atoms with Gasteiger partial charge in [0.15, 0.2) is 0 Å². The number of unbranched alkanes of at least 4 members (excludes halogenated alkanes) is 2. The minimum Gasteiger partial charge on any atom is -0.345 e. The zero-order valence-electron chi connectivity index (χ0n) is 19.3. The summed E-state index contributed by atoms with van der Waals surface area (Å²) in [5.74, 6) is 0. The predicted molar refractivity (Wildman–Crippen MR) is 130 cm³/mol. The fraction of sp³-hybridized carbons (Fsp3) is 0.370. The number of aryl methyl sites for hydroxylation is 3. The Morgan fingerprint density at radius 2 is 1.77 bits per heavy atom. The molecule has 164 valence electrons. The van der Waals surface area contributed by atoms with Crippen molar-refractivity contribution in [3.63, 3.8) is 0 Å². The topological polar surface area (TPSA) is 37.3 Å². The Morgan fingerprint density at radius 1 is 0.968 bits per heavy atom. The highest BCUT2D eigenvalue weighted by Gasteiger charge is 2.17. The lowest BCUT2D eigenvalue weighted by Crippen LogP contribution is -2.36. The van der Waals surface area contributed by atoms with Crippen molar-refractivity contribution in [2.24, 2.45) is 0 Å². The molecule has 1 heterocycles. The molecule has 0 aliphatic rings. The lowest BCUT2D eigenvalue weighted by molar-refractivity contribution is 0.206. The summed E-state index contributed by atoms with van der Waals surface area (Å²) in [6, 6.07) is 18.8. The summed E-state index contributed by atoms with van der Waals surface area (Å²) in [6.45, 7) is 10.6. The van der Waals surface area contributed by atoms with Gasteiger partial charge in [-0.05, 0) is 62.1 Å². The van der Waals surface area contributed by atoms with Crippen LogP contribution in [-0.4, -0.2) is 22.0 Å². The second kappa shape index (κ2) is 10.9. The minimum atomic E-state index is -0.0355. The summed E-state index contributed by atoms with van der Waals surface area (Å²) in [6.07, 6.45) is 5.37. The summed E-state index contributed by atoms with van der Waals surface area (Å²) in [4.78, 5) is 15.1. The third-order valence-corrected chi connectivity index (χ3v) is 5.82. The normalized spacial score (nSPS) is 10.8. The summed E-state index contributed by atoms with van der Waals surface area (Å²) in [5.41, 5.74) is 6.91. The Balaban J connectivity index is 1.76. The van der Waals surface area contributed by atoms with Gasteiger partial charge in [0.1, 0.15) is 0 Å². The minimum absolute atomic E-state index is 0.0355. The molecule has 3 aromatic rings. The van der Waals surface area contributed by atoms with E-state index in [0.717, 1.165) is 49.3 Å². The van der Waals surface area contributed by atoms with Gasteiger partial charge in [-0.25, -0.2) is 4.79 Å². The van der Waals surface area contributed by atoms with Gasteiger partial charge in [-0.1, -0.05) is 61.7 Å². The molecule has 0 aliphatic heterocycles. The van der Waals surface area contributed by atoms with E-state index in [9.17, 15) is 4.79 Å². The van der Waals surface area contributed by atoms with E-state index in [1.165, 1.54) is 16.7 Å².